The molecule has 334 valence electrons. The molecule has 24 nitrogen and oxygen atoms in total. The van der Waals surface area contributed by atoms with Gasteiger partial charge in [0.25, 0.3) is 0 Å². The van der Waals surface area contributed by atoms with Gasteiger partial charge in [-0.3, -0.25) is 9.59 Å². The minimum Gasteiger partial charge on any atom is -0.744 e. The number of azo groups is 2. The number of phenolic OH excluding ortho intramolecular Hbond substituents is 2. The van der Waals surface area contributed by atoms with Crippen LogP contribution in [0.25, 0.3) is 0 Å². The van der Waals surface area contributed by atoms with Crippen molar-refractivity contribution in [3.05, 3.63) is 82.8 Å². The van der Waals surface area contributed by atoms with Gasteiger partial charge in [0.1, 0.15) is 51.8 Å². The van der Waals surface area contributed by atoms with E-state index in [-0.39, 0.29) is 50.2 Å². The first kappa shape index (κ1) is 50.4. The van der Waals surface area contributed by atoms with Gasteiger partial charge in [-0.25, -0.2) is 33.7 Å². The van der Waals surface area contributed by atoms with Gasteiger partial charge in [0, 0.05) is 27.4 Å². The van der Waals surface area contributed by atoms with Crippen molar-refractivity contribution in [2.24, 2.45) is 30.7 Å². The number of phenols is 2. The zero-order valence-electron chi connectivity index (χ0n) is 31.1. The third-order valence-electron chi connectivity index (χ3n) is 8.07. The Hall–Kier alpha value is -5.29. The number of benzene rings is 4. The van der Waals surface area contributed by atoms with Crippen LogP contribution in [0.3, 0.4) is 0 Å². The summed E-state index contributed by atoms with van der Waals surface area (Å²) >= 11 is 11.5. The maximum Gasteiger partial charge on any atom is 0.449 e. The van der Waals surface area contributed by atoms with Crippen molar-refractivity contribution in [1.82, 2.24) is 0 Å². The number of hydrogen-bond acceptors (Lipinski definition) is 20. The molecular weight excluding hydrogens is 1000 g/mol. The van der Waals surface area contributed by atoms with Gasteiger partial charge in [0.05, 0.1) is 42.4 Å². The van der Waals surface area contributed by atoms with Gasteiger partial charge in [-0.15, -0.1) is 0 Å². The van der Waals surface area contributed by atoms with Crippen LogP contribution in [0, 0.1) is 0 Å². The van der Waals surface area contributed by atoms with Gasteiger partial charge in [0.15, 0.2) is 11.5 Å². The van der Waals surface area contributed by atoms with Gasteiger partial charge in [-0.05, 0) is 74.5 Å². The molecule has 0 aromatic heterocycles. The van der Waals surface area contributed by atoms with Crippen LogP contribution in [0.15, 0.2) is 123 Å². The van der Waals surface area contributed by atoms with E-state index in [0.717, 1.165) is 58.5 Å². The Morgan fingerprint density at radius 3 is 1.22 bits per heavy atom. The van der Waals surface area contributed by atoms with Crippen molar-refractivity contribution in [3.63, 3.8) is 0 Å². The van der Waals surface area contributed by atoms with Gasteiger partial charge in [0.2, 0.25) is 12.1 Å². The average molecular weight is 1030 g/mol. The smallest absolute Gasteiger partial charge is 0.449 e. The minimum atomic E-state index is -5.05. The summed E-state index contributed by atoms with van der Waals surface area (Å²) in [7, 11) is -19.6. The molecule has 0 aliphatic carbocycles. The summed E-state index contributed by atoms with van der Waals surface area (Å²) in [4.78, 5) is 17.9. The molecule has 4 aromatic carbocycles. The topological polar surface area (TPSA) is 393 Å². The molecule has 2 aliphatic heterocycles. The molecule has 4 N–H and O–H groups in total. The van der Waals surface area contributed by atoms with Crippen LogP contribution in [0.5, 0.6) is 11.5 Å². The first-order chi connectivity index (χ1) is 28.6. The molecule has 6 rings (SSSR count). The van der Waals surface area contributed by atoms with E-state index in [0.29, 0.717) is 0 Å². The fourth-order valence-corrected chi connectivity index (χ4v) is 8.02. The molecule has 2 heterocycles. The normalized spacial score (nSPS) is 17.1. The molecular formula is C32H24Cl2CrN8O16S4-2. The molecule has 2 unspecified atom stereocenters. The predicted octanol–water partition coefficient (Wildman–Crippen LogP) is 3.41. The second-order valence-corrected chi connectivity index (χ2v) is 18.7. The van der Waals surface area contributed by atoms with Crippen molar-refractivity contribution in [1.29, 1.82) is 0 Å². The maximum absolute atomic E-state index is 11.2. The third-order valence-corrected chi connectivity index (χ3v) is 11.9. The van der Waals surface area contributed by atoms with Crippen molar-refractivity contribution < 1.29 is 89.0 Å². The summed E-state index contributed by atoms with van der Waals surface area (Å²) in [5, 5.41) is 44.4. The van der Waals surface area contributed by atoms with Gasteiger partial charge in [-0.1, -0.05) is 35.3 Å². The molecule has 0 fully saturated rings. The number of halogens is 2. The summed E-state index contributed by atoms with van der Waals surface area (Å²) < 4.78 is 135. The summed E-state index contributed by atoms with van der Waals surface area (Å²) in [5.41, 5.74) is -0.404. The fourth-order valence-electron chi connectivity index (χ4n) is 5.22. The Morgan fingerprint density at radius 2 is 0.921 bits per heavy atom. The minimum absolute atomic E-state index is 0. The second kappa shape index (κ2) is 18.8. The average Bonchev–Trinajstić information content (AvgIpc) is 3.62. The zero-order valence-corrected chi connectivity index (χ0v) is 37.2. The van der Waals surface area contributed by atoms with Gasteiger partial charge in [-0.2, -0.15) is 40.7 Å². The van der Waals surface area contributed by atoms with Crippen LogP contribution in [-0.2, 0) is 57.8 Å². The van der Waals surface area contributed by atoms with E-state index < -0.39 is 107 Å². The van der Waals surface area contributed by atoms with Crippen LogP contribution in [0.4, 0.5) is 22.7 Å². The summed E-state index contributed by atoms with van der Waals surface area (Å²) in [6.45, 7) is 2.92. The Bertz CT molecular complexity index is 2930. The molecule has 63 heavy (non-hydrogen) atoms. The van der Waals surface area contributed by atoms with E-state index in [1.807, 2.05) is 0 Å². The Kier molecular flexibility index (Phi) is 15.0. The SMILES string of the molecule is CC1=NN(c2cccc(S(=O)(=O)[O-])c2)C(=[OH+])C1N=Nc1cc(Cl)cc(S(=O)(=O)[O-])c1O.CC1=NN(c2cccc(S(=O)(=O)[O-])c2)C(=[OH+])C1N=Nc1cc(Cl)cc(S(=O)(=O)[O-])c1O.[Cr]. The van der Waals surface area contributed by atoms with E-state index in [4.69, 9.17) is 23.2 Å². The molecule has 0 spiro atoms. The van der Waals surface area contributed by atoms with E-state index in [1.54, 1.807) is 0 Å². The zero-order chi connectivity index (χ0) is 46.3. The van der Waals surface area contributed by atoms with Crippen LogP contribution in [0.2, 0.25) is 10.0 Å². The van der Waals surface area contributed by atoms with Crippen LogP contribution in [-0.4, -0.2) is 107 Å². The molecule has 0 saturated heterocycles. The number of anilines is 2. The quantitative estimate of drug-likeness (QED) is 0.131. The number of carbonyl (C=O) groups excluding carboxylic acids is 2. The Balaban J connectivity index is 0.000000272. The molecule has 0 radical (unpaired) electrons. The summed E-state index contributed by atoms with van der Waals surface area (Å²) in [6, 6.07) is 10.7. The standard InChI is InChI=1S/2C16H13ClN4O8S2.Cr/c2*1-8-14(19-18-12-5-9(17)6-13(15(12)22)31(27,28)29)16(23)21(20-8)10-3-2-4-11(7-10)30(24,25)26;/h2*2-7,14,22H,1H3,(H,24,25,26)(H,27,28,29);/p-2. The first-order valence-electron chi connectivity index (χ1n) is 16.3. The first-order valence-corrected chi connectivity index (χ1v) is 22.7. The number of aromatic hydroxyl groups is 2. The van der Waals surface area contributed by atoms with Crippen molar-refractivity contribution in [2.75, 3.05) is 10.0 Å². The molecule has 31 heteroatoms. The van der Waals surface area contributed by atoms with E-state index in [1.165, 1.54) is 38.1 Å². The van der Waals surface area contributed by atoms with Crippen LogP contribution >= 0.6 is 23.2 Å². The summed E-state index contributed by atoms with van der Waals surface area (Å²) in [5.74, 6) is -2.97. The number of nitrogens with zero attached hydrogens (tertiary/aromatic N) is 8. The molecule has 0 bridgehead atoms. The van der Waals surface area contributed by atoms with E-state index in [2.05, 4.69) is 30.7 Å². The largest absolute Gasteiger partial charge is 0.744 e. The Morgan fingerprint density at radius 1 is 0.587 bits per heavy atom. The predicted molar refractivity (Wildman–Crippen MR) is 213 cm³/mol. The second-order valence-electron chi connectivity index (χ2n) is 12.4. The Labute approximate surface area is 377 Å². The molecule has 2 amide bonds. The number of amides is 2. The van der Waals surface area contributed by atoms with E-state index in [9.17, 15) is 71.7 Å². The van der Waals surface area contributed by atoms with Crippen molar-refractivity contribution in [2.45, 2.75) is 45.5 Å². The fraction of sp³-hybridized carbons (Fsp3) is 0.125. The number of hydrogen-bond donors (Lipinski definition) is 2. The molecule has 0 saturated carbocycles. The van der Waals surface area contributed by atoms with Crippen molar-refractivity contribution in [3.8, 4) is 11.5 Å². The van der Waals surface area contributed by atoms with Gasteiger partial charge < -0.3 is 28.4 Å². The van der Waals surface area contributed by atoms with Crippen LogP contribution < -0.4 is 10.0 Å². The van der Waals surface area contributed by atoms with Crippen LogP contribution in [0.1, 0.15) is 13.8 Å². The monoisotopic (exact) mass is 1030 g/mol. The molecule has 4 aromatic rings. The summed E-state index contributed by atoms with van der Waals surface area (Å²) in [6.07, 6.45) is 0. The molecule has 2 atom stereocenters. The molecule has 2 aliphatic rings. The van der Waals surface area contributed by atoms with Gasteiger partial charge >= 0.3 is 11.8 Å². The maximum atomic E-state index is 11.2. The third kappa shape index (κ3) is 11.7. The number of rotatable bonds is 10. The van der Waals surface area contributed by atoms with E-state index >= 15 is 0 Å². The van der Waals surface area contributed by atoms with Crippen molar-refractivity contribution >= 4 is 110 Å². The number of hydrazone groups is 2.